The van der Waals surface area contributed by atoms with Gasteiger partial charge in [-0.1, -0.05) is 29.8 Å². The monoisotopic (exact) mass is 489 g/mol. The Balaban J connectivity index is 2.02. The maximum absolute atomic E-state index is 13.3. The van der Waals surface area contributed by atoms with E-state index < -0.39 is 5.91 Å². The second-order valence-electron chi connectivity index (χ2n) is 8.35. The third-order valence-electron chi connectivity index (χ3n) is 5.51. The van der Waals surface area contributed by atoms with Crippen LogP contribution in [0.5, 0.6) is 0 Å². The van der Waals surface area contributed by atoms with Crippen LogP contribution in [0.4, 0.5) is 0 Å². The lowest BCUT2D eigenvalue weighted by molar-refractivity contribution is 0.0748. The molecule has 0 bridgehead atoms. The molecular weight excluding hydrogens is 466 g/mol. The summed E-state index contributed by atoms with van der Waals surface area (Å²) in [6, 6.07) is 13.7. The standard InChI is InChI=1S/C26H24ClN5O3/c1-16(2)35-13-7-12-31-23(30-25(33)19-9-4-5-10-21(19)27)18(15-28)14-20-24(31)29-22-17(3)8-6-11-32(22)26(20)34/h4-6,8-11,14,16H,7,12-13H2,1-3H3. The van der Waals surface area contributed by atoms with Crippen molar-refractivity contribution in [3.05, 3.63) is 86.2 Å². The Morgan fingerprint density at radius 1 is 1.23 bits per heavy atom. The summed E-state index contributed by atoms with van der Waals surface area (Å²) >= 11 is 6.20. The van der Waals surface area contributed by atoms with Crippen LogP contribution in [0, 0.1) is 18.3 Å². The van der Waals surface area contributed by atoms with Gasteiger partial charge in [0.25, 0.3) is 11.5 Å². The predicted molar refractivity (Wildman–Crippen MR) is 133 cm³/mol. The van der Waals surface area contributed by atoms with Crippen LogP contribution in [0.1, 0.15) is 41.8 Å². The van der Waals surface area contributed by atoms with Gasteiger partial charge in [-0.15, -0.1) is 0 Å². The van der Waals surface area contributed by atoms with Crippen LogP contribution in [-0.2, 0) is 11.3 Å². The lowest BCUT2D eigenvalue weighted by atomic mass is 10.2. The Bertz CT molecular complexity index is 1610. The molecule has 0 radical (unpaired) electrons. The third-order valence-corrected chi connectivity index (χ3v) is 5.84. The molecule has 178 valence electrons. The molecule has 4 aromatic rings. The first-order valence-corrected chi connectivity index (χ1v) is 11.6. The number of aryl methyl sites for hydroxylation is 2. The first kappa shape index (κ1) is 24.3. The predicted octanol–water partition coefficient (Wildman–Crippen LogP) is 4.04. The Hall–Kier alpha value is -3.80. The van der Waals surface area contributed by atoms with Crippen molar-refractivity contribution >= 4 is 34.2 Å². The van der Waals surface area contributed by atoms with Gasteiger partial charge in [-0.3, -0.25) is 14.0 Å². The molecule has 0 saturated carbocycles. The van der Waals surface area contributed by atoms with Crippen molar-refractivity contribution < 1.29 is 9.53 Å². The zero-order valence-electron chi connectivity index (χ0n) is 19.7. The smallest absolute Gasteiger partial charge is 0.280 e. The van der Waals surface area contributed by atoms with E-state index in [0.29, 0.717) is 30.9 Å². The summed E-state index contributed by atoms with van der Waals surface area (Å²) in [6.07, 6.45) is 2.26. The minimum Gasteiger partial charge on any atom is -0.379 e. The second-order valence-corrected chi connectivity index (χ2v) is 8.76. The Morgan fingerprint density at radius 3 is 2.71 bits per heavy atom. The van der Waals surface area contributed by atoms with E-state index in [0.717, 1.165) is 5.56 Å². The first-order chi connectivity index (χ1) is 16.8. The van der Waals surface area contributed by atoms with Gasteiger partial charge < -0.3 is 9.30 Å². The van der Waals surface area contributed by atoms with Crippen LogP contribution >= 0.6 is 11.6 Å². The van der Waals surface area contributed by atoms with Crippen molar-refractivity contribution in [2.24, 2.45) is 4.99 Å². The van der Waals surface area contributed by atoms with Crippen molar-refractivity contribution in [2.45, 2.75) is 39.8 Å². The number of halogens is 1. The molecule has 3 heterocycles. The van der Waals surface area contributed by atoms with Gasteiger partial charge in [0.1, 0.15) is 17.4 Å². The number of rotatable bonds is 6. The molecule has 35 heavy (non-hydrogen) atoms. The van der Waals surface area contributed by atoms with Crippen molar-refractivity contribution in [3.8, 4) is 6.07 Å². The van der Waals surface area contributed by atoms with Gasteiger partial charge in [0, 0.05) is 19.3 Å². The van der Waals surface area contributed by atoms with Gasteiger partial charge >= 0.3 is 0 Å². The number of carbonyl (C=O) groups excluding carboxylic acids is 1. The van der Waals surface area contributed by atoms with Gasteiger partial charge in [-0.05, 0) is 57.0 Å². The molecule has 0 N–H and O–H groups in total. The first-order valence-electron chi connectivity index (χ1n) is 11.2. The Kier molecular flexibility index (Phi) is 7.10. The Morgan fingerprint density at radius 2 is 2.00 bits per heavy atom. The van der Waals surface area contributed by atoms with E-state index in [4.69, 9.17) is 21.3 Å². The average molecular weight is 490 g/mol. The van der Waals surface area contributed by atoms with Crippen molar-refractivity contribution in [1.82, 2.24) is 14.0 Å². The number of carbonyl (C=O) groups is 1. The number of nitrogens with zero attached hydrogens (tertiary/aromatic N) is 5. The number of benzene rings is 1. The number of hydrogen-bond acceptors (Lipinski definition) is 5. The molecule has 0 aliphatic heterocycles. The molecular formula is C26H24ClN5O3. The molecule has 0 aliphatic carbocycles. The molecule has 0 unspecified atom stereocenters. The van der Waals surface area contributed by atoms with Gasteiger partial charge in [0.2, 0.25) is 0 Å². The van der Waals surface area contributed by atoms with Crippen LogP contribution < -0.4 is 11.0 Å². The van der Waals surface area contributed by atoms with E-state index in [-0.39, 0.29) is 38.7 Å². The van der Waals surface area contributed by atoms with Crippen LogP contribution in [0.25, 0.3) is 16.7 Å². The fourth-order valence-electron chi connectivity index (χ4n) is 3.83. The molecule has 3 aromatic heterocycles. The Labute approximate surface area is 206 Å². The summed E-state index contributed by atoms with van der Waals surface area (Å²) in [6.45, 7) is 6.54. The number of fused-ring (bicyclic) bond motifs is 2. The van der Waals surface area contributed by atoms with Crippen LogP contribution in [-0.4, -0.2) is 32.6 Å². The van der Waals surface area contributed by atoms with E-state index in [1.54, 1.807) is 41.1 Å². The zero-order valence-corrected chi connectivity index (χ0v) is 20.4. The van der Waals surface area contributed by atoms with E-state index >= 15 is 0 Å². The van der Waals surface area contributed by atoms with Crippen LogP contribution in [0.3, 0.4) is 0 Å². The molecule has 1 amide bonds. The minimum atomic E-state index is -0.590. The fourth-order valence-corrected chi connectivity index (χ4v) is 4.05. The topological polar surface area (TPSA) is 102 Å². The van der Waals surface area contributed by atoms with E-state index in [2.05, 4.69) is 11.1 Å². The quantitative estimate of drug-likeness (QED) is 0.300. The van der Waals surface area contributed by atoms with Gasteiger partial charge in [0.15, 0.2) is 5.49 Å². The normalized spacial score (nSPS) is 11.9. The molecule has 0 spiro atoms. The number of nitriles is 1. The molecule has 8 nitrogen and oxygen atoms in total. The summed E-state index contributed by atoms with van der Waals surface area (Å²) in [5.41, 5.74) is 1.78. The summed E-state index contributed by atoms with van der Waals surface area (Å²) < 4.78 is 8.78. The maximum Gasteiger partial charge on any atom is 0.280 e. The summed E-state index contributed by atoms with van der Waals surface area (Å²) in [5.74, 6) is -0.590. The summed E-state index contributed by atoms with van der Waals surface area (Å²) in [7, 11) is 0. The molecule has 0 fully saturated rings. The summed E-state index contributed by atoms with van der Waals surface area (Å²) in [4.78, 5) is 35.4. The largest absolute Gasteiger partial charge is 0.379 e. The highest BCUT2D eigenvalue weighted by Crippen LogP contribution is 2.17. The molecule has 0 saturated heterocycles. The second kappa shape index (κ2) is 10.2. The number of hydrogen-bond donors (Lipinski definition) is 0. The van der Waals surface area contributed by atoms with Crippen molar-refractivity contribution in [3.63, 3.8) is 0 Å². The molecule has 4 rings (SSSR count). The highest BCUT2D eigenvalue weighted by atomic mass is 35.5. The SMILES string of the molecule is Cc1cccn2c(=O)c3cc(C#N)c(=NC(=O)c4ccccc4Cl)n(CCCOC(C)C)c3nc12. The average Bonchev–Trinajstić information content (AvgIpc) is 2.83. The van der Waals surface area contributed by atoms with E-state index in [1.165, 1.54) is 10.5 Å². The number of ether oxygens (including phenoxy) is 1. The molecule has 0 aliphatic rings. The minimum absolute atomic E-state index is 0.0579. The maximum atomic E-state index is 13.3. The highest BCUT2D eigenvalue weighted by Gasteiger charge is 2.17. The third kappa shape index (κ3) is 4.87. The van der Waals surface area contributed by atoms with Gasteiger partial charge in [0.05, 0.1) is 27.6 Å². The molecule has 1 aromatic carbocycles. The van der Waals surface area contributed by atoms with Crippen LogP contribution in [0.15, 0.2) is 58.4 Å². The molecule has 9 heteroatoms. The fraction of sp³-hybridized carbons (Fsp3) is 0.269. The summed E-state index contributed by atoms with van der Waals surface area (Å²) in [5, 5.41) is 10.4. The lowest BCUT2D eigenvalue weighted by Gasteiger charge is -2.15. The zero-order chi connectivity index (χ0) is 25.1. The molecule has 0 atom stereocenters. The number of amides is 1. The van der Waals surface area contributed by atoms with Crippen molar-refractivity contribution in [2.75, 3.05) is 6.61 Å². The van der Waals surface area contributed by atoms with E-state index in [1.807, 2.05) is 26.8 Å². The number of pyridine rings is 2. The van der Waals surface area contributed by atoms with Crippen molar-refractivity contribution in [1.29, 1.82) is 5.26 Å². The highest BCUT2D eigenvalue weighted by molar-refractivity contribution is 6.33. The number of aromatic nitrogens is 3. The van der Waals surface area contributed by atoms with Gasteiger partial charge in [-0.25, -0.2) is 4.98 Å². The van der Waals surface area contributed by atoms with Crippen LogP contribution in [0.2, 0.25) is 5.02 Å². The van der Waals surface area contributed by atoms with Gasteiger partial charge in [-0.2, -0.15) is 10.3 Å². The van der Waals surface area contributed by atoms with E-state index in [9.17, 15) is 14.9 Å². The lowest BCUT2D eigenvalue weighted by Crippen LogP contribution is -2.30.